The Labute approximate surface area is 116 Å². The van der Waals surface area contributed by atoms with E-state index in [9.17, 15) is 5.26 Å². The third kappa shape index (κ3) is 3.34. The molecular weight excluding hydrogens is 234 g/mol. The molecule has 0 spiro atoms. The van der Waals surface area contributed by atoms with E-state index in [2.05, 4.69) is 18.0 Å². The molecule has 1 fully saturated rings. The van der Waals surface area contributed by atoms with Crippen LogP contribution in [0, 0.1) is 11.3 Å². The molecule has 0 aromatic heterocycles. The molecule has 3 heteroatoms. The highest BCUT2D eigenvalue weighted by Gasteiger charge is 2.31. The Hall–Kier alpha value is -1.37. The van der Waals surface area contributed by atoms with Crippen molar-refractivity contribution in [2.75, 3.05) is 13.6 Å². The smallest absolute Gasteiger partial charge is 0.142 e. The molecule has 0 aliphatic heterocycles. The summed E-state index contributed by atoms with van der Waals surface area (Å²) in [5.74, 6) is 0. The van der Waals surface area contributed by atoms with Gasteiger partial charge in [-0.25, -0.2) is 0 Å². The number of hydrogen-bond acceptors (Lipinski definition) is 3. The molecule has 1 aliphatic carbocycles. The zero-order valence-electron chi connectivity index (χ0n) is 11.7. The first-order chi connectivity index (χ1) is 9.15. The second-order valence-electron chi connectivity index (χ2n) is 5.66. The quantitative estimate of drug-likeness (QED) is 0.902. The summed E-state index contributed by atoms with van der Waals surface area (Å²) in [6.45, 7) is 0.595. The Morgan fingerprint density at radius 3 is 2.47 bits per heavy atom. The van der Waals surface area contributed by atoms with Crippen LogP contribution in [0.3, 0.4) is 0 Å². The van der Waals surface area contributed by atoms with Crippen molar-refractivity contribution in [3.8, 4) is 6.07 Å². The van der Waals surface area contributed by atoms with Crippen LogP contribution in [0.25, 0.3) is 0 Å². The highest BCUT2D eigenvalue weighted by atomic mass is 15.1. The molecule has 1 atom stereocenters. The topological polar surface area (TPSA) is 53.0 Å². The lowest BCUT2D eigenvalue weighted by Crippen LogP contribution is -2.48. The molecule has 19 heavy (non-hydrogen) atoms. The minimum Gasteiger partial charge on any atom is -0.309 e. The molecule has 0 amide bonds. The van der Waals surface area contributed by atoms with Crippen molar-refractivity contribution in [3.63, 3.8) is 0 Å². The average Bonchev–Trinajstić information content (AvgIpc) is 2.49. The molecule has 2 rings (SSSR count). The molecule has 3 nitrogen and oxygen atoms in total. The lowest BCUT2D eigenvalue weighted by molar-refractivity contribution is 0.168. The van der Waals surface area contributed by atoms with E-state index in [4.69, 9.17) is 5.73 Å². The second-order valence-corrected chi connectivity index (χ2v) is 5.66. The van der Waals surface area contributed by atoms with E-state index >= 15 is 0 Å². The van der Waals surface area contributed by atoms with Gasteiger partial charge in [-0.3, -0.25) is 0 Å². The molecule has 1 aromatic carbocycles. The molecule has 0 radical (unpaired) electrons. The summed E-state index contributed by atoms with van der Waals surface area (Å²) < 4.78 is 0. The number of likely N-dealkylation sites (N-methyl/N-ethyl adjacent to an activating group) is 1. The number of hydrogen-bond donors (Lipinski definition) is 1. The van der Waals surface area contributed by atoms with Gasteiger partial charge in [-0.1, -0.05) is 49.6 Å². The van der Waals surface area contributed by atoms with Crippen molar-refractivity contribution >= 4 is 0 Å². The summed E-state index contributed by atoms with van der Waals surface area (Å²) >= 11 is 0. The first kappa shape index (κ1) is 14.0. The van der Waals surface area contributed by atoms with Gasteiger partial charge in [-0.2, -0.15) is 5.26 Å². The molecular formula is C16H23N3. The first-order valence-electron chi connectivity index (χ1n) is 7.11. The minimum atomic E-state index is -0.909. The normalized spacial score (nSPS) is 19.9. The molecule has 1 aromatic rings. The van der Waals surface area contributed by atoms with Gasteiger partial charge in [0.2, 0.25) is 0 Å². The zero-order chi connectivity index (χ0) is 13.7. The van der Waals surface area contributed by atoms with Crippen molar-refractivity contribution < 1.29 is 0 Å². The van der Waals surface area contributed by atoms with Gasteiger partial charge in [-0.15, -0.1) is 0 Å². The van der Waals surface area contributed by atoms with Crippen molar-refractivity contribution in [1.29, 1.82) is 5.26 Å². The predicted octanol–water partition coefficient (Wildman–Crippen LogP) is 2.63. The first-order valence-corrected chi connectivity index (χ1v) is 7.11. The van der Waals surface area contributed by atoms with Crippen LogP contribution in [0.2, 0.25) is 0 Å². The van der Waals surface area contributed by atoms with E-state index in [1.807, 2.05) is 30.3 Å². The Morgan fingerprint density at radius 2 is 1.89 bits per heavy atom. The van der Waals surface area contributed by atoms with Gasteiger partial charge in [0, 0.05) is 12.6 Å². The maximum atomic E-state index is 9.48. The van der Waals surface area contributed by atoms with Crippen LogP contribution in [0.15, 0.2) is 30.3 Å². The third-order valence-electron chi connectivity index (χ3n) is 4.19. The van der Waals surface area contributed by atoms with Crippen molar-refractivity contribution in [1.82, 2.24) is 4.90 Å². The van der Waals surface area contributed by atoms with Crippen molar-refractivity contribution in [2.24, 2.45) is 5.73 Å². The molecule has 0 bridgehead atoms. The fourth-order valence-electron chi connectivity index (χ4n) is 2.97. The maximum Gasteiger partial charge on any atom is 0.142 e. The van der Waals surface area contributed by atoms with Crippen LogP contribution in [0.1, 0.15) is 37.7 Å². The number of benzene rings is 1. The van der Waals surface area contributed by atoms with Crippen LogP contribution >= 0.6 is 0 Å². The van der Waals surface area contributed by atoms with Gasteiger partial charge in [-0.05, 0) is 25.5 Å². The Kier molecular flexibility index (Phi) is 4.57. The Morgan fingerprint density at radius 1 is 1.26 bits per heavy atom. The third-order valence-corrected chi connectivity index (χ3v) is 4.19. The summed E-state index contributed by atoms with van der Waals surface area (Å²) in [6, 6.07) is 12.6. The summed E-state index contributed by atoms with van der Waals surface area (Å²) in [5, 5.41) is 9.48. The molecule has 1 aliphatic rings. The second kappa shape index (κ2) is 6.18. The van der Waals surface area contributed by atoms with Crippen LogP contribution in [-0.4, -0.2) is 24.5 Å². The largest absolute Gasteiger partial charge is 0.309 e. The van der Waals surface area contributed by atoms with E-state index < -0.39 is 5.54 Å². The number of nitrogens with zero attached hydrogens (tertiary/aromatic N) is 2. The minimum absolute atomic E-state index is 0.578. The number of nitrogens with two attached hydrogens (primary N) is 1. The molecule has 0 saturated heterocycles. The van der Waals surface area contributed by atoms with Crippen molar-refractivity contribution in [3.05, 3.63) is 35.9 Å². The lowest BCUT2D eigenvalue weighted by Gasteiger charge is -2.35. The molecule has 102 valence electrons. The summed E-state index contributed by atoms with van der Waals surface area (Å²) in [5.41, 5.74) is 6.32. The fourth-order valence-corrected chi connectivity index (χ4v) is 2.97. The van der Waals surface area contributed by atoms with Gasteiger partial charge < -0.3 is 10.6 Å². The average molecular weight is 257 g/mol. The van der Waals surface area contributed by atoms with Gasteiger partial charge >= 0.3 is 0 Å². The van der Waals surface area contributed by atoms with E-state index in [0.29, 0.717) is 12.6 Å². The Balaban J connectivity index is 2.08. The van der Waals surface area contributed by atoms with E-state index in [-0.39, 0.29) is 0 Å². The van der Waals surface area contributed by atoms with Crippen LogP contribution < -0.4 is 5.73 Å². The fraction of sp³-hybridized carbons (Fsp3) is 0.562. The van der Waals surface area contributed by atoms with E-state index in [1.165, 1.54) is 32.1 Å². The summed E-state index contributed by atoms with van der Waals surface area (Å²) in [6.07, 6.45) is 6.39. The highest BCUT2D eigenvalue weighted by Crippen LogP contribution is 2.25. The molecule has 2 N–H and O–H groups in total. The zero-order valence-corrected chi connectivity index (χ0v) is 11.7. The summed E-state index contributed by atoms with van der Waals surface area (Å²) in [4.78, 5) is 2.27. The monoisotopic (exact) mass is 257 g/mol. The number of rotatable bonds is 4. The van der Waals surface area contributed by atoms with Gasteiger partial charge in [0.05, 0.1) is 6.07 Å². The van der Waals surface area contributed by atoms with Crippen molar-refractivity contribution in [2.45, 2.75) is 43.7 Å². The lowest BCUT2D eigenvalue weighted by atomic mass is 9.89. The van der Waals surface area contributed by atoms with E-state index in [0.717, 1.165) is 5.56 Å². The van der Waals surface area contributed by atoms with Crippen LogP contribution in [0.4, 0.5) is 0 Å². The molecule has 1 saturated carbocycles. The predicted molar refractivity (Wildman–Crippen MR) is 77.4 cm³/mol. The van der Waals surface area contributed by atoms with Gasteiger partial charge in [0.25, 0.3) is 0 Å². The summed E-state index contributed by atoms with van der Waals surface area (Å²) in [7, 11) is 2.10. The molecule has 1 unspecified atom stereocenters. The standard InChI is InChI=1S/C16H23N3/c1-19(15-10-6-3-7-11-15)13-16(18,12-17)14-8-4-2-5-9-14/h2,4-5,8-9,15H,3,6-7,10-11,13,18H2,1H3. The molecule has 0 heterocycles. The van der Waals surface area contributed by atoms with E-state index in [1.54, 1.807) is 0 Å². The maximum absolute atomic E-state index is 9.48. The van der Waals surface area contributed by atoms with Gasteiger partial charge in [0.15, 0.2) is 0 Å². The van der Waals surface area contributed by atoms with Crippen LogP contribution in [-0.2, 0) is 5.54 Å². The van der Waals surface area contributed by atoms with Gasteiger partial charge in [0.1, 0.15) is 5.54 Å². The highest BCUT2D eigenvalue weighted by molar-refractivity contribution is 5.31. The Bertz CT molecular complexity index is 431. The SMILES string of the molecule is CN(CC(N)(C#N)c1ccccc1)C1CCCCC1. The number of nitriles is 1. The van der Waals surface area contributed by atoms with Crippen LogP contribution in [0.5, 0.6) is 0 Å².